The molecule has 80 valence electrons. The zero-order chi connectivity index (χ0) is 10.7. The summed E-state index contributed by atoms with van der Waals surface area (Å²) in [5.74, 6) is 0.474. The van der Waals surface area contributed by atoms with Crippen LogP contribution in [0.25, 0.3) is 0 Å². The van der Waals surface area contributed by atoms with Gasteiger partial charge < -0.3 is 0 Å². The first kappa shape index (κ1) is 10.8. The predicted octanol–water partition coefficient (Wildman–Crippen LogP) is 4.04. The maximum atomic E-state index is 13.1. The highest BCUT2D eigenvalue weighted by atomic mass is 79.9. The molecule has 0 amide bonds. The predicted molar refractivity (Wildman–Crippen MR) is 62.2 cm³/mol. The number of aromatic nitrogens is 1. The van der Waals surface area contributed by atoms with Gasteiger partial charge in [0.1, 0.15) is 0 Å². The quantitative estimate of drug-likeness (QED) is 0.790. The standard InChI is InChI=1S/C12H13BrFN/c13-12-4-5-15-8-10(12)6-9-2-1-3-11(14)7-9/h3-5,8-9H,1-2,6-7H2. The molecule has 0 aromatic carbocycles. The zero-order valence-corrected chi connectivity index (χ0v) is 10.0. The van der Waals surface area contributed by atoms with E-state index in [2.05, 4.69) is 20.9 Å². The van der Waals surface area contributed by atoms with Gasteiger partial charge in [-0.2, -0.15) is 0 Å². The highest BCUT2D eigenvalue weighted by Crippen LogP contribution is 2.29. The van der Waals surface area contributed by atoms with E-state index in [-0.39, 0.29) is 5.83 Å². The molecule has 1 aliphatic carbocycles. The van der Waals surface area contributed by atoms with Gasteiger partial charge in [-0.15, -0.1) is 0 Å². The lowest BCUT2D eigenvalue weighted by Gasteiger charge is -2.19. The van der Waals surface area contributed by atoms with Gasteiger partial charge >= 0.3 is 0 Å². The van der Waals surface area contributed by atoms with E-state index in [9.17, 15) is 4.39 Å². The van der Waals surface area contributed by atoms with Crippen LogP contribution in [0.15, 0.2) is 34.8 Å². The minimum absolute atomic E-state index is 0.0475. The van der Waals surface area contributed by atoms with Crippen LogP contribution in [-0.2, 0) is 6.42 Å². The number of nitrogens with zero attached hydrogens (tertiary/aromatic N) is 1. The largest absolute Gasteiger partial charge is 0.264 e. The average molecular weight is 270 g/mol. The van der Waals surface area contributed by atoms with Crippen LogP contribution < -0.4 is 0 Å². The van der Waals surface area contributed by atoms with Crippen molar-refractivity contribution in [3.8, 4) is 0 Å². The molecule has 0 saturated carbocycles. The second-order valence-electron chi connectivity index (χ2n) is 3.97. The number of hydrogen-bond acceptors (Lipinski definition) is 1. The lowest BCUT2D eigenvalue weighted by molar-refractivity contribution is 0.406. The molecule has 0 N–H and O–H groups in total. The number of hydrogen-bond donors (Lipinski definition) is 0. The van der Waals surface area contributed by atoms with E-state index < -0.39 is 0 Å². The fourth-order valence-electron chi connectivity index (χ4n) is 1.98. The third-order valence-corrected chi connectivity index (χ3v) is 3.55. The molecule has 0 fully saturated rings. The monoisotopic (exact) mass is 269 g/mol. The van der Waals surface area contributed by atoms with Crippen LogP contribution in [0, 0.1) is 5.92 Å². The molecule has 1 nitrogen and oxygen atoms in total. The van der Waals surface area contributed by atoms with Crippen molar-refractivity contribution >= 4 is 15.9 Å². The summed E-state index contributed by atoms with van der Waals surface area (Å²) in [6, 6.07) is 1.93. The van der Waals surface area contributed by atoms with E-state index in [0.717, 1.165) is 23.7 Å². The van der Waals surface area contributed by atoms with Crippen LogP contribution in [0.2, 0.25) is 0 Å². The second kappa shape index (κ2) is 4.88. The molecule has 1 aliphatic rings. The van der Waals surface area contributed by atoms with Gasteiger partial charge in [0, 0.05) is 23.3 Å². The normalized spacial score (nSPS) is 21.2. The van der Waals surface area contributed by atoms with Crippen molar-refractivity contribution in [3.05, 3.63) is 40.4 Å². The third-order valence-electron chi connectivity index (χ3n) is 2.78. The molecule has 0 radical (unpaired) electrons. The Bertz CT molecular complexity index is 376. The molecule has 0 aliphatic heterocycles. The van der Waals surface area contributed by atoms with Crippen LogP contribution in [0.3, 0.4) is 0 Å². The van der Waals surface area contributed by atoms with Gasteiger partial charge in [-0.25, -0.2) is 4.39 Å². The SMILES string of the molecule is FC1=CCCC(Cc2cnccc2Br)C1. The summed E-state index contributed by atoms with van der Waals surface area (Å²) in [4.78, 5) is 4.09. The summed E-state index contributed by atoms with van der Waals surface area (Å²) < 4.78 is 14.1. The Morgan fingerprint density at radius 2 is 2.40 bits per heavy atom. The van der Waals surface area contributed by atoms with Crippen LogP contribution in [0.5, 0.6) is 0 Å². The average Bonchev–Trinajstić information content (AvgIpc) is 2.22. The molecular formula is C12H13BrFN. The Labute approximate surface area is 97.5 Å². The molecule has 1 aromatic rings. The van der Waals surface area contributed by atoms with Crippen molar-refractivity contribution < 1.29 is 4.39 Å². The Hall–Kier alpha value is -0.700. The van der Waals surface area contributed by atoms with Crippen LogP contribution in [-0.4, -0.2) is 4.98 Å². The highest BCUT2D eigenvalue weighted by molar-refractivity contribution is 9.10. The fourth-order valence-corrected chi connectivity index (χ4v) is 2.36. The summed E-state index contributed by atoms with van der Waals surface area (Å²) >= 11 is 3.49. The molecule has 2 rings (SSSR count). The van der Waals surface area contributed by atoms with E-state index in [1.165, 1.54) is 5.56 Å². The summed E-state index contributed by atoms with van der Waals surface area (Å²) in [6.07, 6.45) is 8.77. The first-order chi connectivity index (χ1) is 7.25. The van der Waals surface area contributed by atoms with Crippen molar-refractivity contribution in [1.29, 1.82) is 0 Å². The minimum Gasteiger partial charge on any atom is -0.264 e. The fraction of sp³-hybridized carbons (Fsp3) is 0.417. The van der Waals surface area contributed by atoms with Crippen molar-refractivity contribution in [2.45, 2.75) is 25.7 Å². The number of halogens is 2. The Kier molecular flexibility index (Phi) is 3.52. The Balaban J connectivity index is 2.03. The van der Waals surface area contributed by atoms with Gasteiger partial charge in [-0.3, -0.25) is 4.98 Å². The van der Waals surface area contributed by atoms with Gasteiger partial charge in [0.25, 0.3) is 0 Å². The molecule has 1 heterocycles. The van der Waals surface area contributed by atoms with Gasteiger partial charge in [0.05, 0.1) is 5.83 Å². The Morgan fingerprint density at radius 1 is 1.53 bits per heavy atom. The summed E-state index contributed by atoms with van der Waals surface area (Å²) in [7, 11) is 0. The lowest BCUT2D eigenvalue weighted by Crippen LogP contribution is -2.09. The molecule has 1 aromatic heterocycles. The highest BCUT2D eigenvalue weighted by Gasteiger charge is 2.16. The summed E-state index contributed by atoms with van der Waals surface area (Å²) in [5.41, 5.74) is 1.18. The van der Waals surface area contributed by atoms with Crippen molar-refractivity contribution in [3.63, 3.8) is 0 Å². The molecule has 3 heteroatoms. The maximum absolute atomic E-state index is 13.1. The second-order valence-corrected chi connectivity index (χ2v) is 4.82. The van der Waals surface area contributed by atoms with Gasteiger partial charge in [0.15, 0.2) is 0 Å². The first-order valence-electron chi connectivity index (χ1n) is 5.18. The van der Waals surface area contributed by atoms with Crippen molar-refractivity contribution in [1.82, 2.24) is 4.98 Å². The maximum Gasteiger partial charge on any atom is 0.0962 e. The third kappa shape index (κ3) is 2.88. The lowest BCUT2D eigenvalue weighted by atomic mass is 9.88. The van der Waals surface area contributed by atoms with E-state index in [4.69, 9.17) is 0 Å². The topological polar surface area (TPSA) is 12.9 Å². The van der Waals surface area contributed by atoms with Crippen LogP contribution in [0.4, 0.5) is 4.39 Å². The van der Waals surface area contributed by atoms with Gasteiger partial charge in [-0.1, -0.05) is 22.0 Å². The number of allylic oxidation sites excluding steroid dienone is 2. The molecule has 0 saturated heterocycles. The number of pyridine rings is 1. The molecule has 15 heavy (non-hydrogen) atoms. The van der Waals surface area contributed by atoms with Crippen LogP contribution in [0.1, 0.15) is 24.8 Å². The minimum atomic E-state index is 0.0475. The van der Waals surface area contributed by atoms with Crippen molar-refractivity contribution in [2.75, 3.05) is 0 Å². The van der Waals surface area contributed by atoms with Gasteiger partial charge in [-0.05, 0) is 36.8 Å². The van der Waals surface area contributed by atoms with Crippen molar-refractivity contribution in [2.24, 2.45) is 5.92 Å². The molecule has 0 bridgehead atoms. The number of rotatable bonds is 2. The summed E-state index contributed by atoms with van der Waals surface area (Å²) in [5, 5.41) is 0. The Morgan fingerprint density at radius 3 is 3.13 bits per heavy atom. The smallest absolute Gasteiger partial charge is 0.0962 e. The molecule has 0 spiro atoms. The summed E-state index contributed by atoms with van der Waals surface area (Å²) in [6.45, 7) is 0. The van der Waals surface area contributed by atoms with E-state index >= 15 is 0 Å². The molecule has 1 unspecified atom stereocenters. The molecule has 1 atom stereocenters. The van der Waals surface area contributed by atoms with E-state index in [0.29, 0.717) is 12.3 Å². The van der Waals surface area contributed by atoms with E-state index in [1.807, 2.05) is 12.3 Å². The van der Waals surface area contributed by atoms with Gasteiger partial charge in [0.2, 0.25) is 0 Å². The van der Waals surface area contributed by atoms with Crippen LogP contribution >= 0.6 is 15.9 Å². The van der Waals surface area contributed by atoms with E-state index in [1.54, 1.807) is 12.3 Å². The zero-order valence-electron chi connectivity index (χ0n) is 8.42. The molecular weight excluding hydrogens is 257 g/mol. The first-order valence-corrected chi connectivity index (χ1v) is 5.98.